The molecule has 1 aromatic carbocycles. The Morgan fingerprint density at radius 3 is 2.95 bits per heavy atom. The van der Waals surface area contributed by atoms with Gasteiger partial charge in [-0.15, -0.1) is 0 Å². The Morgan fingerprint density at radius 2 is 2.26 bits per heavy atom. The van der Waals surface area contributed by atoms with Gasteiger partial charge in [0, 0.05) is 18.7 Å². The van der Waals surface area contributed by atoms with Crippen molar-refractivity contribution < 1.29 is 4.74 Å². The van der Waals surface area contributed by atoms with Crippen molar-refractivity contribution in [3.8, 4) is 0 Å². The zero-order chi connectivity index (χ0) is 13.6. The number of imidazole rings is 1. The third kappa shape index (κ3) is 2.04. The molecule has 0 unspecified atom stereocenters. The number of methoxy groups -OCH3 is 1. The number of halogens is 1. The van der Waals surface area contributed by atoms with Crippen LogP contribution in [0.1, 0.15) is 24.7 Å². The van der Waals surface area contributed by atoms with E-state index in [-0.39, 0.29) is 11.6 Å². The minimum atomic E-state index is -0.168. The number of hydrogen-bond donors (Lipinski definition) is 2. The van der Waals surface area contributed by atoms with Gasteiger partial charge >= 0.3 is 0 Å². The number of nitrogens with zero attached hydrogens (tertiary/aromatic N) is 1. The number of benzene rings is 1. The molecule has 0 bridgehead atoms. The van der Waals surface area contributed by atoms with Crippen molar-refractivity contribution in [2.45, 2.75) is 31.9 Å². The van der Waals surface area contributed by atoms with Gasteiger partial charge in [-0.3, -0.25) is 0 Å². The number of aryl methyl sites for hydroxylation is 1. The molecule has 0 saturated carbocycles. The van der Waals surface area contributed by atoms with E-state index < -0.39 is 0 Å². The number of aromatic nitrogens is 2. The second kappa shape index (κ2) is 4.47. The summed E-state index contributed by atoms with van der Waals surface area (Å²) in [5.41, 5.74) is 2.83. The molecule has 0 aliphatic carbocycles. The van der Waals surface area contributed by atoms with E-state index in [1.54, 1.807) is 7.11 Å². The molecular weight excluding hydrogens is 262 g/mol. The van der Waals surface area contributed by atoms with E-state index in [0.717, 1.165) is 40.4 Å². The Labute approximate surface area is 117 Å². The first kappa shape index (κ1) is 12.9. The summed E-state index contributed by atoms with van der Waals surface area (Å²) in [7, 11) is 1.75. The predicted molar refractivity (Wildman–Crippen MR) is 76.6 cm³/mol. The summed E-state index contributed by atoms with van der Waals surface area (Å²) in [4.78, 5) is 8.14. The molecule has 1 aliphatic heterocycles. The fraction of sp³-hybridized carbons (Fsp3) is 0.500. The molecule has 0 amide bonds. The molecule has 2 N–H and O–H groups in total. The first-order valence-corrected chi connectivity index (χ1v) is 6.84. The topological polar surface area (TPSA) is 49.9 Å². The normalized spacial score (nSPS) is 27.3. The third-order valence-electron chi connectivity index (χ3n) is 4.05. The lowest BCUT2D eigenvalue weighted by Crippen LogP contribution is -2.34. The van der Waals surface area contributed by atoms with Crippen LogP contribution in [-0.4, -0.2) is 29.7 Å². The highest BCUT2D eigenvalue weighted by Gasteiger charge is 2.38. The van der Waals surface area contributed by atoms with Crippen LogP contribution >= 0.6 is 11.6 Å². The number of fused-ring (bicyclic) bond motifs is 1. The summed E-state index contributed by atoms with van der Waals surface area (Å²) in [6.45, 7) is 5.00. The highest BCUT2D eigenvalue weighted by Crippen LogP contribution is 2.32. The molecule has 0 radical (unpaired) electrons. The molecule has 102 valence electrons. The van der Waals surface area contributed by atoms with E-state index in [1.807, 2.05) is 19.1 Å². The molecule has 19 heavy (non-hydrogen) atoms. The lowest BCUT2D eigenvalue weighted by molar-refractivity contribution is 0.112. The van der Waals surface area contributed by atoms with Gasteiger partial charge in [-0.05, 0) is 38.0 Å². The third-order valence-corrected chi connectivity index (χ3v) is 4.46. The van der Waals surface area contributed by atoms with Crippen LogP contribution in [0.25, 0.3) is 11.0 Å². The van der Waals surface area contributed by atoms with Crippen LogP contribution in [0.15, 0.2) is 12.1 Å². The van der Waals surface area contributed by atoms with Crippen LogP contribution < -0.4 is 5.32 Å². The maximum absolute atomic E-state index is 6.15. The molecule has 4 nitrogen and oxygen atoms in total. The Balaban J connectivity index is 2.04. The number of aromatic amines is 1. The Morgan fingerprint density at radius 1 is 1.47 bits per heavy atom. The van der Waals surface area contributed by atoms with Gasteiger partial charge in [-0.25, -0.2) is 4.98 Å². The van der Waals surface area contributed by atoms with Gasteiger partial charge in [-0.1, -0.05) is 11.6 Å². The molecule has 1 aliphatic rings. The standard InChI is InChI=1S/C14H18ClN3O/c1-8-10(15)4-5-11-12(8)18-13(17-11)14(2)6-9(19-3)7-16-14/h4-5,9,16H,6-7H2,1-3H3,(H,17,18)/t9-,14+/m1/s1. The summed E-state index contributed by atoms with van der Waals surface area (Å²) in [6, 6.07) is 3.89. The highest BCUT2D eigenvalue weighted by molar-refractivity contribution is 6.32. The maximum atomic E-state index is 6.15. The average molecular weight is 280 g/mol. The zero-order valence-corrected chi connectivity index (χ0v) is 12.1. The molecule has 2 heterocycles. The molecule has 5 heteroatoms. The van der Waals surface area contributed by atoms with Gasteiger partial charge in [-0.2, -0.15) is 0 Å². The van der Waals surface area contributed by atoms with Crippen molar-refractivity contribution in [1.29, 1.82) is 0 Å². The molecule has 1 fully saturated rings. The second-order valence-electron chi connectivity index (χ2n) is 5.43. The maximum Gasteiger partial charge on any atom is 0.127 e. The van der Waals surface area contributed by atoms with Crippen LogP contribution in [0.4, 0.5) is 0 Å². The quantitative estimate of drug-likeness (QED) is 0.889. The van der Waals surface area contributed by atoms with Crippen molar-refractivity contribution in [2.24, 2.45) is 0 Å². The Hall–Kier alpha value is -1.10. The fourth-order valence-corrected chi connectivity index (χ4v) is 2.89. The van der Waals surface area contributed by atoms with Crippen molar-refractivity contribution >= 4 is 22.6 Å². The van der Waals surface area contributed by atoms with E-state index in [4.69, 9.17) is 21.3 Å². The van der Waals surface area contributed by atoms with Gasteiger partial charge in [0.15, 0.2) is 0 Å². The SMILES string of the molecule is CO[C@H]1CN[C@](C)(c2nc3c(C)c(Cl)ccc3[nH]2)C1. The van der Waals surface area contributed by atoms with Gasteiger partial charge in [0.05, 0.1) is 22.7 Å². The Kier molecular flexibility index (Phi) is 3.04. The summed E-state index contributed by atoms with van der Waals surface area (Å²) < 4.78 is 5.42. The number of rotatable bonds is 2. The van der Waals surface area contributed by atoms with Gasteiger partial charge < -0.3 is 15.0 Å². The fourth-order valence-electron chi connectivity index (χ4n) is 2.73. The molecule has 3 rings (SSSR count). The number of H-pyrrole nitrogens is 1. The van der Waals surface area contributed by atoms with Crippen molar-refractivity contribution in [3.63, 3.8) is 0 Å². The van der Waals surface area contributed by atoms with Crippen molar-refractivity contribution in [1.82, 2.24) is 15.3 Å². The smallest absolute Gasteiger partial charge is 0.127 e. The van der Waals surface area contributed by atoms with Crippen LogP contribution in [0.3, 0.4) is 0 Å². The summed E-state index contributed by atoms with van der Waals surface area (Å²) in [5, 5.41) is 4.25. The second-order valence-corrected chi connectivity index (χ2v) is 5.84. The summed E-state index contributed by atoms with van der Waals surface area (Å²) in [5.74, 6) is 0.951. The van der Waals surface area contributed by atoms with Crippen molar-refractivity contribution in [3.05, 3.63) is 28.5 Å². The predicted octanol–water partition coefficient (Wildman–Crippen LogP) is 2.75. The summed E-state index contributed by atoms with van der Waals surface area (Å²) >= 11 is 6.15. The number of nitrogens with one attached hydrogen (secondary N) is 2. The molecule has 2 atom stereocenters. The monoisotopic (exact) mass is 279 g/mol. The lowest BCUT2D eigenvalue weighted by atomic mass is 9.99. The van der Waals surface area contributed by atoms with E-state index in [2.05, 4.69) is 17.2 Å². The average Bonchev–Trinajstić information content (AvgIpc) is 2.99. The van der Waals surface area contributed by atoms with E-state index >= 15 is 0 Å². The zero-order valence-electron chi connectivity index (χ0n) is 11.4. The van der Waals surface area contributed by atoms with E-state index in [1.165, 1.54) is 0 Å². The van der Waals surface area contributed by atoms with Crippen molar-refractivity contribution in [2.75, 3.05) is 13.7 Å². The number of ether oxygens (including phenoxy) is 1. The van der Waals surface area contributed by atoms with Gasteiger partial charge in [0.2, 0.25) is 0 Å². The van der Waals surface area contributed by atoms with Gasteiger partial charge in [0.1, 0.15) is 5.82 Å². The lowest BCUT2D eigenvalue weighted by Gasteiger charge is -2.21. The Bertz CT molecular complexity index is 624. The molecular formula is C14H18ClN3O. The van der Waals surface area contributed by atoms with E-state index in [0.29, 0.717) is 0 Å². The van der Waals surface area contributed by atoms with Crippen LogP contribution in [0.2, 0.25) is 5.02 Å². The first-order valence-electron chi connectivity index (χ1n) is 6.46. The molecule has 1 saturated heterocycles. The van der Waals surface area contributed by atoms with Crippen LogP contribution in [-0.2, 0) is 10.3 Å². The largest absolute Gasteiger partial charge is 0.380 e. The summed E-state index contributed by atoms with van der Waals surface area (Å²) in [6.07, 6.45) is 1.15. The highest BCUT2D eigenvalue weighted by atomic mass is 35.5. The first-order chi connectivity index (χ1) is 9.03. The number of hydrogen-bond acceptors (Lipinski definition) is 3. The van der Waals surface area contributed by atoms with E-state index in [9.17, 15) is 0 Å². The molecule has 2 aromatic rings. The van der Waals surface area contributed by atoms with Crippen LogP contribution in [0.5, 0.6) is 0 Å². The minimum Gasteiger partial charge on any atom is -0.380 e. The van der Waals surface area contributed by atoms with Crippen LogP contribution in [0, 0.1) is 6.92 Å². The van der Waals surface area contributed by atoms with Gasteiger partial charge in [0.25, 0.3) is 0 Å². The molecule has 1 aromatic heterocycles. The molecule has 0 spiro atoms. The minimum absolute atomic E-state index is 0.168.